The monoisotopic (exact) mass is 294 g/mol. The molecule has 0 bridgehead atoms. The lowest BCUT2D eigenvalue weighted by Gasteiger charge is -2.11. The molecule has 0 saturated heterocycles. The number of alkyl halides is 1. The average molecular weight is 295 g/mol. The maximum absolute atomic E-state index is 13.2. The fraction of sp³-hybridized carbons (Fsp3) is 0.333. The summed E-state index contributed by atoms with van der Waals surface area (Å²) in [6, 6.07) is 4.56. The molecule has 0 amide bonds. The van der Waals surface area contributed by atoms with Crippen molar-refractivity contribution in [2.45, 2.75) is 32.6 Å². The van der Waals surface area contributed by atoms with Crippen molar-refractivity contribution in [3.63, 3.8) is 0 Å². The lowest BCUT2D eigenvalue weighted by molar-refractivity contribution is 0.467. The van der Waals surface area contributed by atoms with E-state index in [4.69, 9.17) is 16.3 Å². The molecule has 1 heterocycles. The summed E-state index contributed by atoms with van der Waals surface area (Å²) in [7, 11) is 0. The Hall–Kier alpha value is -1.68. The summed E-state index contributed by atoms with van der Waals surface area (Å²) in [5.41, 5.74) is 1.15. The van der Waals surface area contributed by atoms with E-state index < -0.39 is 0 Å². The fourth-order valence-corrected chi connectivity index (χ4v) is 1.88. The largest absolute Gasteiger partial charge is 0.454 e. The number of rotatable bonds is 4. The zero-order valence-electron chi connectivity index (χ0n) is 11.7. The zero-order chi connectivity index (χ0) is 14.7. The van der Waals surface area contributed by atoms with E-state index in [1.54, 1.807) is 25.3 Å². The van der Waals surface area contributed by atoms with Gasteiger partial charge in [0, 0.05) is 5.92 Å². The van der Waals surface area contributed by atoms with E-state index in [1.807, 2.05) is 13.8 Å². The predicted octanol–water partition coefficient (Wildman–Crippen LogP) is 4.58. The third-order valence-electron chi connectivity index (χ3n) is 2.85. The van der Waals surface area contributed by atoms with Crippen molar-refractivity contribution in [3.8, 4) is 11.5 Å². The molecule has 0 aliphatic rings. The second-order valence-corrected chi connectivity index (χ2v) is 5.11. The van der Waals surface area contributed by atoms with Crippen LogP contribution >= 0.6 is 11.6 Å². The molecule has 3 nitrogen and oxygen atoms in total. The minimum atomic E-state index is -0.263. The summed E-state index contributed by atoms with van der Waals surface area (Å²) < 4.78 is 18.9. The van der Waals surface area contributed by atoms with Crippen LogP contribution in [0, 0.1) is 12.7 Å². The van der Waals surface area contributed by atoms with Gasteiger partial charge >= 0.3 is 0 Å². The van der Waals surface area contributed by atoms with Crippen LogP contribution in [0.25, 0.3) is 0 Å². The highest BCUT2D eigenvalue weighted by molar-refractivity contribution is 6.17. The molecule has 0 unspecified atom stereocenters. The summed E-state index contributed by atoms with van der Waals surface area (Å²) in [4.78, 5) is 8.64. The molecule has 2 rings (SSSR count). The maximum atomic E-state index is 13.2. The second kappa shape index (κ2) is 6.18. The molecule has 0 aliphatic heterocycles. The Morgan fingerprint density at radius 1 is 1.35 bits per heavy atom. The highest BCUT2D eigenvalue weighted by Gasteiger charge is 2.11. The Balaban J connectivity index is 2.30. The number of aryl methyl sites for hydroxylation is 1. The van der Waals surface area contributed by atoms with Crippen LogP contribution in [0.3, 0.4) is 0 Å². The summed E-state index contributed by atoms with van der Waals surface area (Å²) in [6.07, 6.45) is 1.61. The third-order valence-corrected chi connectivity index (χ3v) is 3.10. The first-order valence-corrected chi connectivity index (χ1v) is 6.90. The highest BCUT2D eigenvalue weighted by atomic mass is 35.5. The molecule has 5 heteroatoms. The molecule has 0 atom stereocenters. The summed E-state index contributed by atoms with van der Waals surface area (Å²) in [5, 5.41) is 0. The van der Waals surface area contributed by atoms with Gasteiger partial charge in [0.25, 0.3) is 0 Å². The van der Waals surface area contributed by atoms with Crippen molar-refractivity contribution < 1.29 is 9.13 Å². The number of hydrogen-bond donors (Lipinski definition) is 0. The van der Waals surface area contributed by atoms with Gasteiger partial charge in [-0.3, -0.25) is 0 Å². The van der Waals surface area contributed by atoms with Crippen LogP contribution in [-0.2, 0) is 5.88 Å². The van der Waals surface area contributed by atoms with E-state index in [9.17, 15) is 4.39 Å². The smallest absolute Gasteiger partial charge is 0.168 e. The minimum absolute atomic E-state index is 0.221. The van der Waals surface area contributed by atoms with Gasteiger partial charge in [0.05, 0.1) is 12.1 Å². The number of benzene rings is 1. The molecule has 2 aromatic rings. The molecule has 0 radical (unpaired) electrons. The molecule has 20 heavy (non-hydrogen) atoms. The number of aromatic nitrogens is 2. The molecule has 0 fully saturated rings. The Kier molecular flexibility index (Phi) is 4.55. The van der Waals surface area contributed by atoms with Crippen molar-refractivity contribution in [2.75, 3.05) is 0 Å². The molecule has 0 spiro atoms. The van der Waals surface area contributed by atoms with Gasteiger partial charge in [-0.1, -0.05) is 13.8 Å². The van der Waals surface area contributed by atoms with E-state index >= 15 is 0 Å². The van der Waals surface area contributed by atoms with Gasteiger partial charge in [0.1, 0.15) is 23.1 Å². The summed E-state index contributed by atoms with van der Waals surface area (Å²) in [6.45, 7) is 5.71. The van der Waals surface area contributed by atoms with Gasteiger partial charge in [-0.15, -0.1) is 11.6 Å². The highest BCUT2D eigenvalue weighted by Crippen LogP contribution is 2.27. The predicted molar refractivity (Wildman–Crippen MR) is 76.9 cm³/mol. The summed E-state index contributed by atoms with van der Waals surface area (Å²) in [5.74, 6) is 1.95. The Bertz CT molecular complexity index is 617. The van der Waals surface area contributed by atoms with Crippen molar-refractivity contribution in [1.82, 2.24) is 9.97 Å². The zero-order valence-corrected chi connectivity index (χ0v) is 12.4. The molecule has 0 aliphatic carbocycles. The van der Waals surface area contributed by atoms with Crippen LogP contribution in [-0.4, -0.2) is 9.97 Å². The molecule has 0 N–H and O–H groups in total. The van der Waals surface area contributed by atoms with Crippen molar-refractivity contribution in [3.05, 3.63) is 47.3 Å². The van der Waals surface area contributed by atoms with E-state index in [1.165, 1.54) is 6.07 Å². The fourth-order valence-electron chi connectivity index (χ4n) is 1.69. The standard InChI is InChI=1S/C15H16ClFN2O/c1-9(2)15-18-8-14(13(7-16)19-15)20-11-4-5-12(17)10(3)6-11/h4-6,8-9H,7H2,1-3H3. The van der Waals surface area contributed by atoms with Crippen LogP contribution in [0.2, 0.25) is 0 Å². The Morgan fingerprint density at radius 2 is 2.10 bits per heavy atom. The van der Waals surface area contributed by atoms with Crippen LogP contribution < -0.4 is 4.74 Å². The van der Waals surface area contributed by atoms with E-state index in [-0.39, 0.29) is 17.6 Å². The Morgan fingerprint density at radius 3 is 2.70 bits per heavy atom. The van der Waals surface area contributed by atoms with E-state index in [0.717, 1.165) is 5.82 Å². The van der Waals surface area contributed by atoms with Crippen molar-refractivity contribution >= 4 is 11.6 Å². The van der Waals surface area contributed by atoms with Crippen LogP contribution in [0.15, 0.2) is 24.4 Å². The first-order valence-electron chi connectivity index (χ1n) is 6.37. The molecular weight excluding hydrogens is 279 g/mol. The molecule has 106 valence electrons. The Labute approximate surface area is 122 Å². The second-order valence-electron chi connectivity index (χ2n) is 4.84. The number of nitrogens with zero attached hydrogens (tertiary/aromatic N) is 2. The SMILES string of the molecule is Cc1cc(Oc2cnc(C(C)C)nc2CCl)ccc1F. The van der Waals surface area contributed by atoms with Crippen LogP contribution in [0.5, 0.6) is 11.5 Å². The van der Waals surface area contributed by atoms with E-state index in [2.05, 4.69) is 9.97 Å². The summed E-state index contributed by atoms with van der Waals surface area (Å²) >= 11 is 5.90. The maximum Gasteiger partial charge on any atom is 0.168 e. The average Bonchev–Trinajstić information content (AvgIpc) is 2.43. The number of hydrogen-bond acceptors (Lipinski definition) is 3. The van der Waals surface area contributed by atoms with Crippen molar-refractivity contribution in [1.29, 1.82) is 0 Å². The first kappa shape index (κ1) is 14.7. The van der Waals surface area contributed by atoms with E-state index in [0.29, 0.717) is 22.8 Å². The minimum Gasteiger partial charge on any atom is -0.454 e. The molecular formula is C15H16ClFN2O. The quantitative estimate of drug-likeness (QED) is 0.774. The first-order chi connectivity index (χ1) is 9.51. The van der Waals surface area contributed by atoms with Gasteiger partial charge < -0.3 is 4.74 Å². The number of halogens is 2. The third kappa shape index (κ3) is 3.25. The van der Waals surface area contributed by atoms with Crippen LogP contribution in [0.1, 0.15) is 36.8 Å². The van der Waals surface area contributed by atoms with Gasteiger partial charge in [0.2, 0.25) is 0 Å². The molecule has 0 saturated carbocycles. The topological polar surface area (TPSA) is 35.0 Å². The van der Waals surface area contributed by atoms with Crippen LogP contribution in [0.4, 0.5) is 4.39 Å². The van der Waals surface area contributed by atoms with Gasteiger partial charge in [-0.05, 0) is 30.7 Å². The van der Waals surface area contributed by atoms with Crippen molar-refractivity contribution in [2.24, 2.45) is 0 Å². The lowest BCUT2D eigenvalue weighted by atomic mass is 10.2. The molecule has 1 aromatic carbocycles. The van der Waals surface area contributed by atoms with Gasteiger partial charge in [-0.2, -0.15) is 0 Å². The van der Waals surface area contributed by atoms with Gasteiger partial charge in [0.15, 0.2) is 5.75 Å². The number of ether oxygens (including phenoxy) is 1. The normalized spacial score (nSPS) is 10.9. The lowest BCUT2D eigenvalue weighted by Crippen LogP contribution is -2.02. The van der Waals surface area contributed by atoms with Gasteiger partial charge in [-0.25, -0.2) is 14.4 Å². The molecule has 1 aromatic heterocycles.